The van der Waals surface area contributed by atoms with Crippen molar-refractivity contribution in [1.82, 2.24) is 19.9 Å². The van der Waals surface area contributed by atoms with Crippen molar-refractivity contribution in [1.29, 1.82) is 0 Å². The van der Waals surface area contributed by atoms with E-state index >= 15 is 0 Å². The van der Waals surface area contributed by atoms with E-state index in [2.05, 4.69) is 15.2 Å². The Hall–Kier alpha value is -3.72. The molecule has 4 rings (SSSR count). The third kappa shape index (κ3) is 3.99. The first kappa shape index (κ1) is 20.5. The van der Waals surface area contributed by atoms with E-state index in [1.807, 2.05) is 24.3 Å². The van der Waals surface area contributed by atoms with Crippen molar-refractivity contribution >= 4 is 17.3 Å². The zero-order chi connectivity index (χ0) is 22.1. The number of aromatic nitrogens is 4. The molecule has 2 aromatic carbocycles. The standard InChI is InChI=1S/C21H18ClN5O4/c1-12-19(27(28)29)13(2)26(24-12)11-14-4-6-15(7-5-14)21-23-20(25-31-21)17-10-16(22)8-9-18(17)30-3/h4-10H,11H2,1-3H3. The molecule has 0 N–H and O–H groups in total. The van der Waals surface area contributed by atoms with Crippen molar-refractivity contribution in [2.45, 2.75) is 20.4 Å². The molecule has 31 heavy (non-hydrogen) atoms. The van der Waals surface area contributed by atoms with Gasteiger partial charge in [-0.05, 0) is 49.7 Å². The summed E-state index contributed by atoms with van der Waals surface area (Å²) in [6.07, 6.45) is 0. The van der Waals surface area contributed by atoms with Crippen molar-refractivity contribution < 1.29 is 14.2 Å². The van der Waals surface area contributed by atoms with E-state index in [0.29, 0.717) is 46.0 Å². The van der Waals surface area contributed by atoms with E-state index in [1.165, 1.54) is 0 Å². The molecular weight excluding hydrogens is 422 g/mol. The lowest BCUT2D eigenvalue weighted by molar-refractivity contribution is -0.386. The Balaban J connectivity index is 1.57. The highest BCUT2D eigenvalue weighted by Gasteiger charge is 2.22. The van der Waals surface area contributed by atoms with Crippen LogP contribution < -0.4 is 4.74 Å². The van der Waals surface area contributed by atoms with Gasteiger partial charge in [0.25, 0.3) is 5.89 Å². The fourth-order valence-electron chi connectivity index (χ4n) is 3.34. The summed E-state index contributed by atoms with van der Waals surface area (Å²) in [4.78, 5) is 15.2. The highest BCUT2D eigenvalue weighted by atomic mass is 35.5. The van der Waals surface area contributed by atoms with E-state index in [-0.39, 0.29) is 5.69 Å². The number of benzene rings is 2. The molecule has 0 aliphatic rings. The monoisotopic (exact) mass is 439 g/mol. The molecule has 2 heterocycles. The normalized spacial score (nSPS) is 11.0. The average molecular weight is 440 g/mol. The topological polar surface area (TPSA) is 109 Å². The first-order valence-electron chi connectivity index (χ1n) is 9.32. The predicted octanol–water partition coefficient (Wildman–Crippen LogP) is 4.84. The van der Waals surface area contributed by atoms with Crippen LogP contribution in [0.2, 0.25) is 5.02 Å². The molecule has 0 spiro atoms. The van der Waals surface area contributed by atoms with Gasteiger partial charge in [-0.1, -0.05) is 28.9 Å². The van der Waals surface area contributed by atoms with Crippen LogP contribution in [0.1, 0.15) is 17.0 Å². The molecule has 0 radical (unpaired) electrons. The van der Waals surface area contributed by atoms with Crippen LogP contribution in [0.25, 0.3) is 22.8 Å². The van der Waals surface area contributed by atoms with Crippen molar-refractivity contribution in [3.63, 3.8) is 0 Å². The SMILES string of the molecule is COc1ccc(Cl)cc1-c1noc(-c2ccc(Cn3nc(C)c([N+](=O)[O-])c3C)cc2)n1. The quantitative estimate of drug-likeness (QED) is 0.312. The van der Waals surface area contributed by atoms with E-state index in [4.69, 9.17) is 20.9 Å². The molecule has 0 amide bonds. The average Bonchev–Trinajstić information content (AvgIpc) is 3.33. The second kappa shape index (κ2) is 8.19. The van der Waals surface area contributed by atoms with Crippen molar-refractivity contribution in [2.75, 3.05) is 7.11 Å². The van der Waals surface area contributed by atoms with E-state index in [0.717, 1.165) is 11.1 Å². The van der Waals surface area contributed by atoms with Gasteiger partial charge < -0.3 is 9.26 Å². The maximum atomic E-state index is 11.2. The van der Waals surface area contributed by atoms with Crippen molar-refractivity contribution in [3.8, 4) is 28.6 Å². The Labute approximate surface area is 182 Å². The van der Waals surface area contributed by atoms with Gasteiger partial charge in [0.15, 0.2) is 0 Å². The molecule has 10 heteroatoms. The largest absolute Gasteiger partial charge is 0.496 e. The van der Waals surface area contributed by atoms with Gasteiger partial charge in [-0.15, -0.1) is 0 Å². The fraction of sp³-hybridized carbons (Fsp3) is 0.190. The van der Waals surface area contributed by atoms with Crippen LogP contribution in [-0.4, -0.2) is 32.0 Å². The van der Waals surface area contributed by atoms with Crippen molar-refractivity contribution in [2.24, 2.45) is 0 Å². The summed E-state index contributed by atoms with van der Waals surface area (Å²) in [5.41, 5.74) is 3.26. The lowest BCUT2D eigenvalue weighted by atomic mass is 10.1. The summed E-state index contributed by atoms with van der Waals surface area (Å²) in [6.45, 7) is 3.74. The molecule has 0 saturated heterocycles. The molecule has 158 valence electrons. The summed E-state index contributed by atoms with van der Waals surface area (Å²) < 4.78 is 12.4. The van der Waals surface area contributed by atoms with Crippen LogP contribution >= 0.6 is 11.6 Å². The van der Waals surface area contributed by atoms with Crippen LogP contribution in [0.15, 0.2) is 47.0 Å². The van der Waals surface area contributed by atoms with Crippen LogP contribution in [-0.2, 0) is 6.54 Å². The van der Waals surface area contributed by atoms with Gasteiger partial charge in [-0.25, -0.2) is 0 Å². The maximum Gasteiger partial charge on any atom is 0.312 e. The summed E-state index contributed by atoms with van der Waals surface area (Å²) in [6, 6.07) is 12.7. The number of methoxy groups -OCH3 is 1. The second-order valence-corrected chi connectivity index (χ2v) is 7.34. The van der Waals surface area contributed by atoms with E-state index in [1.54, 1.807) is 43.8 Å². The maximum absolute atomic E-state index is 11.2. The molecule has 0 unspecified atom stereocenters. The molecular formula is C21H18ClN5O4. The number of ether oxygens (including phenoxy) is 1. The van der Waals surface area contributed by atoms with Gasteiger partial charge >= 0.3 is 5.69 Å². The first-order valence-corrected chi connectivity index (χ1v) is 9.70. The number of halogens is 1. The Morgan fingerprint density at radius 2 is 1.94 bits per heavy atom. The van der Waals surface area contributed by atoms with Gasteiger partial charge in [0.2, 0.25) is 5.82 Å². The molecule has 4 aromatic rings. The molecule has 9 nitrogen and oxygen atoms in total. The molecule has 0 saturated carbocycles. The highest BCUT2D eigenvalue weighted by Crippen LogP contribution is 2.32. The summed E-state index contributed by atoms with van der Waals surface area (Å²) >= 11 is 6.08. The van der Waals surface area contributed by atoms with Gasteiger partial charge in [0, 0.05) is 10.6 Å². The summed E-state index contributed by atoms with van der Waals surface area (Å²) in [5, 5.41) is 20.0. The Morgan fingerprint density at radius 1 is 1.19 bits per heavy atom. The molecule has 0 bridgehead atoms. The number of aryl methyl sites for hydroxylation is 1. The molecule has 0 aliphatic heterocycles. The molecule has 0 aliphatic carbocycles. The Kier molecular flexibility index (Phi) is 5.43. The molecule has 2 aromatic heterocycles. The van der Waals surface area contributed by atoms with Gasteiger partial charge in [-0.2, -0.15) is 10.1 Å². The van der Waals surface area contributed by atoms with Crippen LogP contribution in [0.5, 0.6) is 5.75 Å². The Bertz CT molecular complexity index is 1260. The highest BCUT2D eigenvalue weighted by molar-refractivity contribution is 6.30. The zero-order valence-electron chi connectivity index (χ0n) is 17.0. The minimum absolute atomic E-state index is 0.0476. The number of hydrogen-bond donors (Lipinski definition) is 0. The van der Waals surface area contributed by atoms with Gasteiger partial charge in [-0.3, -0.25) is 14.8 Å². The minimum atomic E-state index is -0.403. The molecule has 0 atom stereocenters. The third-order valence-corrected chi connectivity index (χ3v) is 5.12. The fourth-order valence-corrected chi connectivity index (χ4v) is 3.51. The molecule has 0 fully saturated rings. The first-order chi connectivity index (χ1) is 14.9. The van der Waals surface area contributed by atoms with Gasteiger partial charge in [0.05, 0.1) is 24.1 Å². The van der Waals surface area contributed by atoms with Crippen LogP contribution in [0, 0.1) is 24.0 Å². The third-order valence-electron chi connectivity index (χ3n) is 4.89. The lowest BCUT2D eigenvalue weighted by Crippen LogP contribution is -2.04. The summed E-state index contributed by atoms with van der Waals surface area (Å²) in [7, 11) is 1.56. The van der Waals surface area contributed by atoms with Crippen molar-refractivity contribution in [3.05, 3.63) is 74.6 Å². The van der Waals surface area contributed by atoms with E-state index < -0.39 is 4.92 Å². The zero-order valence-corrected chi connectivity index (χ0v) is 17.8. The number of nitro groups is 1. The number of hydrogen-bond acceptors (Lipinski definition) is 7. The lowest BCUT2D eigenvalue weighted by Gasteiger charge is -2.05. The van der Waals surface area contributed by atoms with Crippen LogP contribution in [0.3, 0.4) is 0 Å². The van der Waals surface area contributed by atoms with Gasteiger partial charge in [0.1, 0.15) is 17.1 Å². The van der Waals surface area contributed by atoms with Crippen LogP contribution in [0.4, 0.5) is 5.69 Å². The smallest absolute Gasteiger partial charge is 0.312 e. The number of nitrogens with zero attached hydrogens (tertiary/aromatic N) is 5. The summed E-state index contributed by atoms with van der Waals surface area (Å²) in [5.74, 6) is 1.31. The minimum Gasteiger partial charge on any atom is -0.496 e. The Morgan fingerprint density at radius 3 is 2.58 bits per heavy atom. The second-order valence-electron chi connectivity index (χ2n) is 6.90. The number of rotatable bonds is 6. The predicted molar refractivity (Wildman–Crippen MR) is 114 cm³/mol. The van der Waals surface area contributed by atoms with E-state index in [9.17, 15) is 10.1 Å².